The van der Waals surface area contributed by atoms with Crippen LogP contribution in [0.2, 0.25) is 0 Å². The number of anilines is 2. The van der Waals surface area contributed by atoms with Gasteiger partial charge in [0.1, 0.15) is 10.8 Å². The number of carboxylic acids is 1. The van der Waals surface area contributed by atoms with Crippen molar-refractivity contribution in [3.05, 3.63) is 46.1 Å². The molecule has 0 unspecified atom stereocenters. The van der Waals surface area contributed by atoms with Crippen molar-refractivity contribution in [2.45, 2.75) is 32.7 Å². The number of nitrogens with zero attached hydrogens (tertiary/aromatic N) is 1. The van der Waals surface area contributed by atoms with Crippen molar-refractivity contribution in [3.8, 4) is 0 Å². The quantitative estimate of drug-likeness (QED) is 0.772. The van der Waals surface area contributed by atoms with Gasteiger partial charge < -0.3 is 15.3 Å². The van der Waals surface area contributed by atoms with Crippen molar-refractivity contribution in [1.29, 1.82) is 0 Å². The van der Waals surface area contributed by atoms with Gasteiger partial charge in [-0.1, -0.05) is 0 Å². The average molecular weight is 364 g/mol. The van der Waals surface area contributed by atoms with E-state index in [1.54, 1.807) is 12.1 Å². The van der Waals surface area contributed by atoms with Gasteiger partial charge in [-0.2, -0.15) is 0 Å². The standard InChI is InChI=1S/C17H17FN2O2S2/c1-9-3-4-11-8-12(18)5-6-14(11)20(9)17(23)19-15-13(16(21)22)7-10(2)24-15/h5-9H,3-4H2,1-2H3,(H,19,23)(H,21,22)/t9-/m0/s1. The van der Waals surface area contributed by atoms with Crippen LogP contribution in [0.1, 0.15) is 34.1 Å². The Bertz CT molecular complexity index is 819. The molecule has 0 amide bonds. The smallest absolute Gasteiger partial charge is 0.338 e. The number of thiocarbonyl (C=S) groups is 1. The molecule has 0 bridgehead atoms. The molecule has 0 saturated heterocycles. The van der Waals surface area contributed by atoms with Crippen LogP contribution < -0.4 is 10.2 Å². The maximum atomic E-state index is 13.5. The van der Waals surface area contributed by atoms with Crippen molar-refractivity contribution in [2.75, 3.05) is 10.2 Å². The van der Waals surface area contributed by atoms with Crippen LogP contribution in [0, 0.1) is 12.7 Å². The SMILES string of the molecule is Cc1cc(C(=O)O)c(NC(=S)N2c3ccc(F)cc3CC[C@@H]2C)s1. The molecule has 2 heterocycles. The number of thiophene rings is 1. The number of benzene rings is 1. The molecule has 1 aromatic carbocycles. The number of fused-ring (bicyclic) bond motifs is 1. The highest BCUT2D eigenvalue weighted by Gasteiger charge is 2.27. The van der Waals surface area contributed by atoms with Crippen molar-refractivity contribution in [2.24, 2.45) is 0 Å². The first-order valence-electron chi connectivity index (χ1n) is 7.59. The summed E-state index contributed by atoms with van der Waals surface area (Å²) in [6, 6.07) is 6.46. The summed E-state index contributed by atoms with van der Waals surface area (Å²) < 4.78 is 13.5. The molecule has 1 aromatic heterocycles. The molecule has 0 fully saturated rings. The normalized spacial score (nSPS) is 16.6. The van der Waals surface area contributed by atoms with Gasteiger partial charge in [-0.3, -0.25) is 0 Å². The lowest BCUT2D eigenvalue weighted by molar-refractivity contribution is 0.0698. The molecule has 24 heavy (non-hydrogen) atoms. The van der Waals surface area contributed by atoms with Gasteiger partial charge in [0.25, 0.3) is 0 Å². The molecule has 0 spiro atoms. The molecular weight excluding hydrogens is 347 g/mol. The number of carboxylic acid groups (broad SMARTS) is 1. The first-order chi connectivity index (χ1) is 11.4. The minimum absolute atomic E-state index is 0.150. The fourth-order valence-electron chi connectivity index (χ4n) is 2.95. The maximum Gasteiger partial charge on any atom is 0.338 e. The van der Waals surface area contributed by atoms with Crippen LogP contribution in [0.15, 0.2) is 24.3 Å². The molecule has 1 aliphatic heterocycles. The first kappa shape index (κ1) is 16.9. The topological polar surface area (TPSA) is 52.6 Å². The van der Waals surface area contributed by atoms with Crippen LogP contribution in [0.25, 0.3) is 0 Å². The van der Waals surface area contributed by atoms with E-state index in [9.17, 15) is 14.3 Å². The van der Waals surface area contributed by atoms with E-state index in [-0.39, 0.29) is 17.4 Å². The lowest BCUT2D eigenvalue weighted by atomic mass is 9.97. The molecule has 2 aromatic rings. The number of nitrogens with one attached hydrogen (secondary N) is 1. The van der Waals surface area contributed by atoms with Gasteiger partial charge in [-0.05, 0) is 68.7 Å². The number of aryl methyl sites for hydroxylation is 2. The third kappa shape index (κ3) is 3.14. The van der Waals surface area contributed by atoms with Crippen molar-refractivity contribution in [3.63, 3.8) is 0 Å². The summed E-state index contributed by atoms with van der Waals surface area (Å²) in [5, 5.41) is 13.3. The summed E-state index contributed by atoms with van der Waals surface area (Å²) in [6.45, 7) is 3.91. The lowest BCUT2D eigenvalue weighted by Crippen LogP contribution is -2.44. The average Bonchev–Trinajstić information content (AvgIpc) is 2.88. The largest absolute Gasteiger partial charge is 0.478 e. The van der Waals surface area contributed by atoms with E-state index >= 15 is 0 Å². The molecule has 2 N–H and O–H groups in total. The van der Waals surface area contributed by atoms with Gasteiger partial charge in [-0.25, -0.2) is 9.18 Å². The Hall–Kier alpha value is -1.99. The Labute approximate surface area is 148 Å². The third-order valence-electron chi connectivity index (χ3n) is 4.10. The van der Waals surface area contributed by atoms with Crippen LogP contribution >= 0.6 is 23.6 Å². The second kappa shape index (κ2) is 6.49. The number of halogens is 1. The van der Waals surface area contributed by atoms with Crippen molar-refractivity contribution in [1.82, 2.24) is 0 Å². The number of carbonyl (C=O) groups is 1. The Morgan fingerprint density at radius 1 is 1.46 bits per heavy atom. The lowest BCUT2D eigenvalue weighted by Gasteiger charge is -2.37. The Morgan fingerprint density at radius 2 is 2.21 bits per heavy atom. The van der Waals surface area contributed by atoms with Gasteiger partial charge in [0, 0.05) is 16.6 Å². The van der Waals surface area contributed by atoms with E-state index in [1.807, 2.05) is 11.8 Å². The molecule has 4 nitrogen and oxygen atoms in total. The van der Waals surface area contributed by atoms with E-state index in [0.717, 1.165) is 29.0 Å². The summed E-state index contributed by atoms with van der Waals surface area (Å²) in [7, 11) is 0. The van der Waals surface area contributed by atoms with E-state index < -0.39 is 5.97 Å². The minimum Gasteiger partial charge on any atom is -0.478 e. The highest BCUT2D eigenvalue weighted by molar-refractivity contribution is 7.80. The molecule has 7 heteroatoms. The maximum absolute atomic E-state index is 13.5. The van der Waals surface area contributed by atoms with Crippen LogP contribution in [0.4, 0.5) is 15.1 Å². The fraction of sp³-hybridized carbons (Fsp3) is 0.294. The number of rotatable bonds is 2. The second-order valence-corrected chi connectivity index (χ2v) is 7.51. The monoisotopic (exact) mass is 364 g/mol. The molecule has 126 valence electrons. The summed E-state index contributed by atoms with van der Waals surface area (Å²) in [5.74, 6) is -1.25. The predicted molar refractivity (Wildman–Crippen MR) is 98.9 cm³/mol. The van der Waals surface area contributed by atoms with Gasteiger partial charge in [0.2, 0.25) is 0 Å². The van der Waals surface area contributed by atoms with Crippen LogP contribution in [0.5, 0.6) is 0 Å². The van der Waals surface area contributed by atoms with Crippen molar-refractivity contribution < 1.29 is 14.3 Å². The third-order valence-corrected chi connectivity index (χ3v) is 5.36. The molecule has 0 aliphatic carbocycles. The molecule has 0 saturated carbocycles. The van der Waals surface area contributed by atoms with E-state index in [4.69, 9.17) is 12.2 Å². The summed E-state index contributed by atoms with van der Waals surface area (Å²) in [5.41, 5.74) is 2.00. The van der Waals surface area contributed by atoms with Crippen LogP contribution in [-0.4, -0.2) is 22.2 Å². The molecule has 3 rings (SSSR count). The van der Waals surface area contributed by atoms with E-state index in [0.29, 0.717) is 10.1 Å². The van der Waals surface area contributed by atoms with E-state index in [2.05, 4.69) is 12.2 Å². The predicted octanol–water partition coefficient (Wildman–Crippen LogP) is 4.43. The number of hydrogen-bond donors (Lipinski definition) is 2. The summed E-state index contributed by atoms with van der Waals surface area (Å²) in [6.07, 6.45) is 1.65. The first-order valence-corrected chi connectivity index (χ1v) is 8.81. The highest BCUT2D eigenvalue weighted by atomic mass is 32.1. The Morgan fingerprint density at radius 3 is 2.92 bits per heavy atom. The Kier molecular flexibility index (Phi) is 4.56. The fourth-order valence-corrected chi connectivity index (χ4v) is 4.30. The zero-order valence-corrected chi connectivity index (χ0v) is 14.9. The highest BCUT2D eigenvalue weighted by Crippen LogP contribution is 2.33. The summed E-state index contributed by atoms with van der Waals surface area (Å²) >= 11 is 6.89. The van der Waals surface area contributed by atoms with Gasteiger partial charge in [-0.15, -0.1) is 11.3 Å². The minimum atomic E-state index is -0.987. The molecule has 1 atom stereocenters. The van der Waals surface area contributed by atoms with Crippen LogP contribution in [-0.2, 0) is 6.42 Å². The number of hydrogen-bond acceptors (Lipinski definition) is 3. The van der Waals surface area contributed by atoms with Crippen LogP contribution in [0.3, 0.4) is 0 Å². The van der Waals surface area contributed by atoms with E-state index in [1.165, 1.54) is 23.5 Å². The van der Waals surface area contributed by atoms with Crippen molar-refractivity contribution >= 4 is 45.3 Å². The molecule has 0 radical (unpaired) electrons. The molecule has 1 aliphatic rings. The van der Waals surface area contributed by atoms with Gasteiger partial charge >= 0.3 is 5.97 Å². The van der Waals surface area contributed by atoms with Gasteiger partial charge in [0.05, 0.1) is 5.56 Å². The van der Waals surface area contributed by atoms with Gasteiger partial charge in [0.15, 0.2) is 5.11 Å². The zero-order chi connectivity index (χ0) is 17.4. The second-order valence-electron chi connectivity index (χ2n) is 5.87. The number of aromatic carboxylic acids is 1. The molecular formula is C17H17FN2O2S2. The summed E-state index contributed by atoms with van der Waals surface area (Å²) in [4.78, 5) is 14.2. The Balaban J connectivity index is 1.92. The zero-order valence-electron chi connectivity index (χ0n) is 13.3.